The minimum Gasteiger partial charge on any atom is -0.354 e. The van der Waals surface area contributed by atoms with Gasteiger partial charge in [-0.3, -0.25) is 0 Å². The molecule has 5 nitrogen and oxygen atoms in total. The standard InChI is InChI=1S/C12H12ClN3O2/c13-11-9-3-5-16(12(9)15-7-14-11)10-2-1-8(18-10)4-6-17/h3,5-8,10H,1-2,4H2/t8-,10+/m0/s1. The molecule has 0 aliphatic carbocycles. The fraction of sp³-hybridized carbons (Fsp3) is 0.417. The largest absolute Gasteiger partial charge is 0.354 e. The Morgan fingerprint density at radius 1 is 1.50 bits per heavy atom. The molecule has 3 heterocycles. The molecule has 2 aromatic heterocycles. The summed E-state index contributed by atoms with van der Waals surface area (Å²) >= 11 is 6.00. The second kappa shape index (κ2) is 4.66. The molecule has 0 saturated carbocycles. The zero-order valence-corrected chi connectivity index (χ0v) is 10.4. The van der Waals surface area contributed by atoms with Crippen LogP contribution in [-0.4, -0.2) is 26.9 Å². The van der Waals surface area contributed by atoms with Crippen LogP contribution in [0.15, 0.2) is 18.6 Å². The number of halogens is 1. The summed E-state index contributed by atoms with van der Waals surface area (Å²) in [5, 5.41) is 1.27. The molecule has 6 heteroatoms. The molecule has 0 spiro atoms. The number of ether oxygens (including phenoxy) is 1. The van der Waals surface area contributed by atoms with Gasteiger partial charge in [0.25, 0.3) is 0 Å². The van der Waals surface area contributed by atoms with E-state index in [1.54, 1.807) is 0 Å². The quantitative estimate of drug-likeness (QED) is 0.631. The van der Waals surface area contributed by atoms with Crippen LogP contribution in [-0.2, 0) is 9.53 Å². The van der Waals surface area contributed by atoms with Gasteiger partial charge in [-0.25, -0.2) is 9.97 Å². The fourth-order valence-corrected chi connectivity index (χ4v) is 2.54. The van der Waals surface area contributed by atoms with E-state index in [-0.39, 0.29) is 12.3 Å². The lowest BCUT2D eigenvalue weighted by Gasteiger charge is -2.14. The van der Waals surface area contributed by atoms with Gasteiger partial charge in [0.15, 0.2) is 0 Å². The Labute approximate surface area is 109 Å². The Bertz CT molecular complexity index is 584. The summed E-state index contributed by atoms with van der Waals surface area (Å²) in [4.78, 5) is 18.7. The second-order valence-electron chi connectivity index (χ2n) is 4.32. The number of aldehydes is 1. The Morgan fingerprint density at radius 3 is 3.22 bits per heavy atom. The first-order chi connectivity index (χ1) is 8.79. The lowest BCUT2D eigenvalue weighted by Crippen LogP contribution is -2.11. The van der Waals surface area contributed by atoms with Crippen molar-refractivity contribution >= 4 is 28.9 Å². The molecular formula is C12H12ClN3O2. The molecule has 0 aromatic carbocycles. The normalized spacial score (nSPS) is 23.6. The van der Waals surface area contributed by atoms with Crippen molar-refractivity contribution in [1.82, 2.24) is 14.5 Å². The SMILES string of the molecule is O=CC[C@@H]1CC[C@H](n2ccc3c(Cl)ncnc32)O1. The number of carbonyl (C=O) groups is 1. The van der Waals surface area contributed by atoms with Gasteiger partial charge in [-0.1, -0.05) is 11.6 Å². The van der Waals surface area contributed by atoms with Crippen molar-refractivity contribution in [3.05, 3.63) is 23.7 Å². The van der Waals surface area contributed by atoms with Crippen LogP contribution in [0.25, 0.3) is 11.0 Å². The summed E-state index contributed by atoms with van der Waals surface area (Å²) in [6.45, 7) is 0. The third kappa shape index (κ3) is 1.89. The van der Waals surface area contributed by atoms with E-state index in [0.29, 0.717) is 11.6 Å². The molecule has 0 radical (unpaired) electrons. The molecule has 2 aromatic rings. The minimum absolute atomic E-state index is 0.0160. The lowest BCUT2D eigenvalue weighted by molar-refractivity contribution is -0.110. The number of carbonyl (C=O) groups excluding carboxylic acids is 1. The Hall–Kier alpha value is -1.46. The first-order valence-corrected chi connectivity index (χ1v) is 6.23. The van der Waals surface area contributed by atoms with Crippen LogP contribution in [0.4, 0.5) is 0 Å². The average Bonchev–Trinajstić information content (AvgIpc) is 2.96. The smallest absolute Gasteiger partial charge is 0.146 e. The van der Waals surface area contributed by atoms with Crippen LogP contribution in [0.5, 0.6) is 0 Å². The highest BCUT2D eigenvalue weighted by molar-refractivity contribution is 6.33. The monoisotopic (exact) mass is 265 g/mol. The molecule has 0 bridgehead atoms. The maximum absolute atomic E-state index is 10.5. The molecule has 1 aliphatic heterocycles. The van der Waals surface area contributed by atoms with E-state index in [9.17, 15) is 4.79 Å². The van der Waals surface area contributed by atoms with Gasteiger partial charge < -0.3 is 14.1 Å². The number of fused-ring (bicyclic) bond motifs is 1. The highest BCUT2D eigenvalue weighted by Gasteiger charge is 2.27. The molecule has 1 aliphatic rings. The van der Waals surface area contributed by atoms with Crippen molar-refractivity contribution in [2.24, 2.45) is 0 Å². The molecule has 1 fully saturated rings. The maximum Gasteiger partial charge on any atom is 0.146 e. The van der Waals surface area contributed by atoms with Crippen molar-refractivity contribution in [2.45, 2.75) is 31.6 Å². The van der Waals surface area contributed by atoms with Crippen LogP contribution in [0.3, 0.4) is 0 Å². The molecule has 0 unspecified atom stereocenters. The number of hydrogen-bond acceptors (Lipinski definition) is 4. The van der Waals surface area contributed by atoms with Gasteiger partial charge in [-0.2, -0.15) is 0 Å². The molecule has 18 heavy (non-hydrogen) atoms. The molecule has 3 rings (SSSR count). The summed E-state index contributed by atoms with van der Waals surface area (Å²) in [7, 11) is 0. The summed E-state index contributed by atoms with van der Waals surface area (Å²) in [6, 6.07) is 1.88. The molecule has 0 N–H and O–H groups in total. The Morgan fingerprint density at radius 2 is 2.39 bits per heavy atom. The van der Waals surface area contributed by atoms with E-state index < -0.39 is 0 Å². The first kappa shape index (κ1) is 11.6. The second-order valence-corrected chi connectivity index (χ2v) is 4.68. The van der Waals surface area contributed by atoms with Gasteiger partial charge in [0.1, 0.15) is 29.6 Å². The van der Waals surface area contributed by atoms with Crippen LogP contribution >= 0.6 is 11.6 Å². The molecule has 1 saturated heterocycles. The van der Waals surface area contributed by atoms with Crippen LogP contribution in [0, 0.1) is 0 Å². The first-order valence-electron chi connectivity index (χ1n) is 5.85. The summed E-state index contributed by atoms with van der Waals surface area (Å²) < 4.78 is 7.77. The lowest BCUT2D eigenvalue weighted by atomic mass is 10.2. The highest BCUT2D eigenvalue weighted by Crippen LogP contribution is 2.32. The molecule has 2 atom stereocenters. The third-order valence-corrected chi connectivity index (χ3v) is 3.52. The van der Waals surface area contributed by atoms with Crippen LogP contribution < -0.4 is 0 Å². The topological polar surface area (TPSA) is 57.0 Å². The predicted octanol–water partition coefficient (Wildman–Crippen LogP) is 2.35. The van der Waals surface area contributed by atoms with Gasteiger partial charge >= 0.3 is 0 Å². The predicted molar refractivity (Wildman–Crippen MR) is 66.4 cm³/mol. The van der Waals surface area contributed by atoms with Crippen molar-refractivity contribution in [2.75, 3.05) is 0 Å². The molecule has 0 amide bonds. The van der Waals surface area contributed by atoms with Gasteiger partial charge in [-0.15, -0.1) is 0 Å². The average molecular weight is 266 g/mol. The van der Waals surface area contributed by atoms with E-state index in [0.717, 1.165) is 30.2 Å². The molecule has 94 valence electrons. The van der Waals surface area contributed by atoms with E-state index in [2.05, 4.69) is 9.97 Å². The van der Waals surface area contributed by atoms with Crippen molar-refractivity contribution in [3.8, 4) is 0 Å². The zero-order valence-electron chi connectivity index (χ0n) is 9.62. The minimum atomic E-state index is -0.0709. The van der Waals surface area contributed by atoms with Gasteiger partial charge in [0, 0.05) is 12.6 Å². The van der Waals surface area contributed by atoms with E-state index in [1.807, 2.05) is 16.8 Å². The van der Waals surface area contributed by atoms with Gasteiger partial charge in [-0.05, 0) is 18.9 Å². The Balaban J connectivity index is 1.91. The maximum atomic E-state index is 10.5. The number of aromatic nitrogens is 3. The van der Waals surface area contributed by atoms with E-state index in [1.165, 1.54) is 6.33 Å². The van der Waals surface area contributed by atoms with Crippen molar-refractivity contribution in [1.29, 1.82) is 0 Å². The van der Waals surface area contributed by atoms with E-state index >= 15 is 0 Å². The fourth-order valence-electron chi connectivity index (χ4n) is 2.34. The van der Waals surface area contributed by atoms with Crippen molar-refractivity contribution < 1.29 is 9.53 Å². The van der Waals surface area contributed by atoms with Gasteiger partial charge in [0.2, 0.25) is 0 Å². The van der Waals surface area contributed by atoms with Crippen molar-refractivity contribution in [3.63, 3.8) is 0 Å². The van der Waals surface area contributed by atoms with Crippen LogP contribution in [0.2, 0.25) is 5.15 Å². The zero-order chi connectivity index (χ0) is 12.5. The third-order valence-electron chi connectivity index (χ3n) is 3.22. The highest BCUT2D eigenvalue weighted by atomic mass is 35.5. The molecular weight excluding hydrogens is 254 g/mol. The summed E-state index contributed by atoms with van der Waals surface area (Å²) in [6.07, 6.45) is 6.41. The summed E-state index contributed by atoms with van der Waals surface area (Å²) in [5.74, 6) is 0. The number of hydrogen-bond donors (Lipinski definition) is 0. The van der Waals surface area contributed by atoms with Crippen LogP contribution in [0.1, 0.15) is 25.5 Å². The summed E-state index contributed by atoms with van der Waals surface area (Å²) in [5.41, 5.74) is 0.770. The number of nitrogens with zero attached hydrogens (tertiary/aromatic N) is 3. The Kier molecular flexibility index (Phi) is 3.01. The van der Waals surface area contributed by atoms with E-state index in [4.69, 9.17) is 16.3 Å². The van der Waals surface area contributed by atoms with Gasteiger partial charge in [0.05, 0.1) is 11.5 Å². The number of rotatable bonds is 3.